The van der Waals surface area contributed by atoms with Crippen LogP contribution in [0.25, 0.3) is 5.57 Å². The lowest BCUT2D eigenvalue weighted by atomic mass is 10.1. The van der Waals surface area contributed by atoms with E-state index in [9.17, 15) is 0 Å². The molecule has 0 fully saturated rings. The minimum atomic E-state index is 0.422. The molecular formula is C19H14S3. The van der Waals surface area contributed by atoms with Crippen LogP contribution in [-0.2, 0) is 0 Å². The third-order valence-corrected chi connectivity index (χ3v) is 6.64. The molecule has 1 aliphatic rings. The summed E-state index contributed by atoms with van der Waals surface area (Å²) in [5.41, 5.74) is 2.75. The molecule has 3 heteroatoms. The van der Waals surface area contributed by atoms with Crippen molar-refractivity contribution >= 4 is 40.0 Å². The standard InChI is InChI=1S/C19H14S3/c1-2-6-14(7-3-1)15-10-11-18(22-15)19(16-8-4-12-20-16)17-9-5-13-21-17/h1-13,15H. The van der Waals surface area contributed by atoms with Gasteiger partial charge in [-0.05, 0) is 28.5 Å². The Morgan fingerprint density at radius 3 is 2.05 bits per heavy atom. The molecule has 1 aromatic carbocycles. The molecule has 0 saturated carbocycles. The number of thioether (sulfide) groups is 1. The highest BCUT2D eigenvalue weighted by Crippen LogP contribution is 2.47. The molecule has 1 atom stereocenters. The van der Waals surface area contributed by atoms with E-state index in [1.165, 1.54) is 25.8 Å². The monoisotopic (exact) mass is 338 g/mol. The van der Waals surface area contributed by atoms with Crippen molar-refractivity contribution < 1.29 is 0 Å². The van der Waals surface area contributed by atoms with E-state index in [0.29, 0.717) is 5.25 Å². The second kappa shape index (κ2) is 6.29. The molecule has 0 saturated heterocycles. The fraction of sp³-hybridized carbons (Fsp3) is 0.0526. The summed E-state index contributed by atoms with van der Waals surface area (Å²) in [6.45, 7) is 0. The Morgan fingerprint density at radius 2 is 1.45 bits per heavy atom. The predicted molar refractivity (Wildman–Crippen MR) is 101 cm³/mol. The maximum absolute atomic E-state index is 2.32. The zero-order valence-electron chi connectivity index (χ0n) is 11.8. The third kappa shape index (κ3) is 2.72. The second-order valence-corrected chi connectivity index (χ2v) is 8.08. The molecule has 0 amide bonds. The molecule has 0 aliphatic carbocycles. The van der Waals surface area contributed by atoms with Crippen molar-refractivity contribution in [2.45, 2.75) is 5.25 Å². The van der Waals surface area contributed by atoms with Crippen molar-refractivity contribution in [1.29, 1.82) is 0 Å². The summed E-state index contributed by atoms with van der Waals surface area (Å²) >= 11 is 5.58. The Bertz CT molecular complexity index is 758. The smallest absolute Gasteiger partial charge is 0.0528 e. The van der Waals surface area contributed by atoms with Gasteiger partial charge in [0.2, 0.25) is 0 Å². The van der Waals surface area contributed by atoms with Crippen LogP contribution in [-0.4, -0.2) is 0 Å². The van der Waals surface area contributed by atoms with Crippen LogP contribution in [0.2, 0.25) is 0 Å². The molecule has 1 aliphatic heterocycles. The van der Waals surface area contributed by atoms with Crippen molar-refractivity contribution in [2.75, 3.05) is 0 Å². The van der Waals surface area contributed by atoms with E-state index in [1.54, 1.807) is 0 Å². The predicted octanol–water partition coefficient (Wildman–Crippen LogP) is 6.61. The molecule has 108 valence electrons. The first kappa shape index (κ1) is 14.1. The van der Waals surface area contributed by atoms with Crippen LogP contribution in [0.4, 0.5) is 0 Å². The molecule has 1 unspecified atom stereocenters. The molecule has 4 rings (SSSR count). The van der Waals surface area contributed by atoms with Crippen LogP contribution in [0.3, 0.4) is 0 Å². The summed E-state index contributed by atoms with van der Waals surface area (Å²) in [4.78, 5) is 4.07. The van der Waals surface area contributed by atoms with E-state index in [1.807, 2.05) is 34.4 Å². The Balaban J connectivity index is 1.74. The van der Waals surface area contributed by atoms with Gasteiger partial charge in [0, 0.05) is 20.2 Å². The Morgan fingerprint density at radius 1 is 0.773 bits per heavy atom. The maximum Gasteiger partial charge on any atom is 0.0528 e. The minimum absolute atomic E-state index is 0.422. The fourth-order valence-corrected chi connectivity index (χ4v) is 5.57. The van der Waals surface area contributed by atoms with E-state index in [4.69, 9.17) is 0 Å². The SMILES string of the molecule is C1=CC(c2ccccc2)SC1=C(c1cccs1)c1cccs1. The van der Waals surface area contributed by atoms with E-state index < -0.39 is 0 Å². The van der Waals surface area contributed by atoms with Gasteiger partial charge in [0.25, 0.3) is 0 Å². The number of benzene rings is 1. The summed E-state index contributed by atoms with van der Waals surface area (Å²) in [7, 11) is 0. The minimum Gasteiger partial charge on any atom is -0.144 e. The average Bonchev–Trinajstić information content (AvgIpc) is 3.32. The van der Waals surface area contributed by atoms with Crippen LogP contribution in [0.1, 0.15) is 20.6 Å². The van der Waals surface area contributed by atoms with Crippen LogP contribution >= 0.6 is 34.4 Å². The third-order valence-electron chi connectivity index (χ3n) is 3.59. The molecule has 0 bridgehead atoms. The Labute approximate surface area is 142 Å². The van der Waals surface area contributed by atoms with Gasteiger partial charge in [-0.15, -0.1) is 34.4 Å². The first-order chi connectivity index (χ1) is 10.9. The number of hydrogen-bond donors (Lipinski definition) is 0. The van der Waals surface area contributed by atoms with Crippen molar-refractivity contribution in [1.82, 2.24) is 0 Å². The van der Waals surface area contributed by atoms with Crippen LogP contribution in [0, 0.1) is 0 Å². The van der Waals surface area contributed by atoms with Gasteiger partial charge in [0.15, 0.2) is 0 Å². The molecular weight excluding hydrogens is 324 g/mol. The normalized spacial score (nSPS) is 17.1. The van der Waals surface area contributed by atoms with Gasteiger partial charge in [0.05, 0.1) is 5.25 Å². The van der Waals surface area contributed by atoms with Crippen molar-refractivity contribution in [3.8, 4) is 0 Å². The van der Waals surface area contributed by atoms with Gasteiger partial charge in [-0.2, -0.15) is 0 Å². The summed E-state index contributed by atoms with van der Waals surface area (Å²) in [5, 5.41) is 4.73. The first-order valence-corrected chi connectivity index (χ1v) is 9.77. The molecule has 2 aromatic heterocycles. The molecule has 0 nitrogen and oxygen atoms in total. The highest BCUT2D eigenvalue weighted by atomic mass is 32.2. The van der Waals surface area contributed by atoms with Gasteiger partial charge < -0.3 is 0 Å². The highest BCUT2D eigenvalue weighted by Gasteiger charge is 2.21. The van der Waals surface area contributed by atoms with Crippen LogP contribution in [0.15, 0.2) is 82.4 Å². The zero-order valence-corrected chi connectivity index (χ0v) is 14.3. The van der Waals surface area contributed by atoms with Gasteiger partial charge in [-0.3, -0.25) is 0 Å². The molecule has 0 N–H and O–H groups in total. The zero-order chi connectivity index (χ0) is 14.8. The van der Waals surface area contributed by atoms with E-state index in [-0.39, 0.29) is 0 Å². The quantitative estimate of drug-likeness (QED) is 0.517. The first-order valence-electron chi connectivity index (χ1n) is 7.13. The molecule has 3 aromatic rings. The summed E-state index contributed by atoms with van der Waals surface area (Å²) in [5.74, 6) is 0. The van der Waals surface area contributed by atoms with Crippen molar-refractivity contribution in [2.24, 2.45) is 0 Å². The van der Waals surface area contributed by atoms with E-state index >= 15 is 0 Å². The topological polar surface area (TPSA) is 0 Å². The number of hydrogen-bond acceptors (Lipinski definition) is 3. The summed E-state index contributed by atoms with van der Waals surface area (Å²) in [6, 6.07) is 19.4. The lowest BCUT2D eigenvalue weighted by molar-refractivity contribution is 1.25. The fourth-order valence-electron chi connectivity index (χ4n) is 2.56. The van der Waals surface area contributed by atoms with Gasteiger partial charge in [-0.1, -0.05) is 54.6 Å². The summed E-state index contributed by atoms with van der Waals surface area (Å²) < 4.78 is 0. The molecule has 22 heavy (non-hydrogen) atoms. The molecule has 3 heterocycles. The molecule has 0 radical (unpaired) electrons. The van der Waals surface area contributed by atoms with Crippen molar-refractivity contribution in [3.63, 3.8) is 0 Å². The number of allylic oxidation sites excluding steroid dienone is 1. The van der Waals surface area contributed by atoms with Gasteiger partial charge >= 0.3 is 0 Å². The van der Waals surface area contributed by atoms with E-state index in [0.717, 1.165) is 0 Å². The lowest BCUT2D eigenvalue weighted by Crippen LogP contribution is -1.87. The Kier molecular flexibility index (Phi) is 4.02. The second-order valence-electron chi connectivity index (χ2n) is 5.00. The average molecular weight is 339 g/mol. The van der Waals surface area contributed by atoms with Crippen molar-refractivity contribution in [3.05, 3.63) is 97.7 Å². The lowest BCUT2D eigenvalue weighted by Gasteiger charge is -2.10. The van der Waals surface area contributed by atoms with E-state index in [2.05, 4.69) is 77.5 Å². The van der Waals surface area contributed by atoms with Crippen LogP contribution in [0.5, 0.6) is 0 Å². The highest BCUT2D eigenvalue weighted by molar-refractivity contribution is 8.04. The number of rotatable bonds is 3. The van der Waals surface area contributed by atoms with Gasteiger partial charge in [0.1, 0.15) is 0 Å². The Hall–Kier alpha value is -1.55. The maximum atomic E-state index is 2.32. The number of thiophene rings is 2. The van der Waals surface area contributed by atoms with Crippen LogP contribution < -0.4 is 0 Å². The largest absolute Gasteiger partial charge is 0.144 e. The molecule has 0 spiro atoms. The summed E-state index contributed by atoms with van der Waals surface area (Å²) in [6.07, 6.45) is 4.60. The van der Waals surface area contributed by atoms with Gasteiger partial charge in [-0.25, -0.2) is 0 Å².